The maximum Gasteiger partial charge on any atom is 0.305 e. The summed E-state index contributed by atoms with van der Waals surface area (Å²) in [5.41, 5.74) is 2.81. The standard InChI is InChI=1S/C27H26FN3O5/c1-2-23(26(35)30-22(13-25(33)34)24(32)14-28)31-15-17-10-11-18(12-20(17)27(31)36)29-21-9-5-7-16-6-3-4-8-19(16)21/h3-12,22-23,29H,2,13-15H2,1H3,(H,30,35)(H,33,34). The summed E-state index contributed by atoms with van der Waals surface area (Å²) in [6, 6.07) is 16.8. The number of nitrogens with zero attached hydrogens (tertiary/aromatic N) is 1. The van der Waals surface area contributed by atoms with E-state index in [9.17, 15) is 23.6 Å². The minimum Gasteiger partial charge on any atom is -0.481 e. The van der Waals surface area contributed by atoms with Crippen LogP contribution < -0.4 is 10.6 Å². The quantitative estimate of drug-likeness (QED) is 0.397. The number of carboxylic acid groups (broad SMARTS) is 1. The predicted molar refractivity (Wildman–Crippen MR) is 133 cm³/mol. The lowest BCUT2D eigenvalue weighted by molar-refractivity contribution is -0.140. The summed E-state index contributed by atoms with van der Waals surface area (Å²) in [7, 11) is 0. The van der Waals surface area contributed by atoms with Crippen molar-refractivity contribution in [2.24, 2.45) is 0 Å². The van der Waals surface area contributed by atoms with E-state index in [0.717, 1.165) is 22.0 Å². The van der Waals surface area contributed by atoms with E-state index in [2.05, 4.69) is 10.6 Å². The van der Waals surface area contributed by atoms with E-state index in [-0.39, 0.29) is 18.9 Å². The Morgan fingerprint density at radius 1 is 1.08 bits per heavy atom. The Balaban J connectivity index is 1.53. The van der Waals surface area contributed by atoms with Crippen LogP contribution in [0.2, 0.25) is 0 Å². The number of hydrogen-bond donors (Lipinski definition) is 3. The largest absolute Gasteiger partial charge is 0.481 e. The zero-order valence-corrected chi connectivity index (χ0v) is 19.7. The van der Waals surface area contributed by atoms with Crippen molar-refractivity contribution >= 4 is 45.7 Å². The molecule has 3 aromatic rings. The van der Waals surface area contributed by atoms with Gasteiger partial charge in [-0.05, 0) is 35.6 Å². The Bertz CT molecular complexity index is 1340. The van der Waals surface area contributed by atoms with Gasteiger partial charge in [-0.15, -0.1) is 0 Å². The van der Waals surface area contributed by atoms with E-state index in [0.29, 0.717) is 11.3 Å². The fourth-order valence-electron chi connectivity index (χ4n) is 4.47. The van der Waals surface area contributed by atoms with Crippen molar-refractivity contribution in [3.05, 3.63) is 71.8 Å². The van der Waals surface area contributed by atoms with Crippen molar-refractivity contribution < 1.29 is 28.7 Å². The van der Waals surface area contributed by atoms with Crippen LogP contribution in [0.5, 0.6) is 0 Å². The highest BCUT2D eigenvalue weighted by atomic mass is 19.1. The number of hydrogen-bond acceptors (Lipinski definition) is 5. The monoisotopic (exact) mass is 491 g/mol. The highest BCUT2D eigenvalue weighted by Crippen LogP contribution is 2.31. The van der Waals surface area contributed by atoms with Crippen LogP contribution in [0.3, 0.4) is 0 Å². The van der Waals surface area contributed by atoms with Crippen LogP contribution in [0.4, 0.5) is 15.8 Å². The molecule has 0 fully saturated rings. The number of fused-ring (bicyclic) bond motifs is 2. The number of alkyl halides is 1. The Morgan fingerprint density at radius 3 is 2.56 bits per heavy atom. The van der Waals surface area contributed by atoms with Crippen LogP contribution in [0.15, 0.2) is 60.7 Å². The molecule has 3 N–H and O–H groups in total. The molecule has 9 heteroatoms. The van der Waals surface area contributed by atoms with Crippen LogP contribution in [-0.2, 0) is 20.9 Å². The van der Waals surface area contributed by atoms with E-state index in [1.807, 2.05) is 54.6 Å². The number of anilines is 2. The van der Waals surface area contributed by atoms with Crippen molar-refractivity contribution in [2.45, 2.75) is 38.4 Å². The molecule has 2 unspecified atom stereocenters. The van der Waals surface area contributed by atoms with Crippen LogP contribution in [-0.4, -0.2) is 52.3 Å². The Labute approximate surface area is 207 Å². The minimum absolute atomic E-state index is 0.190. The van der Waals surface area contributed by atoms with E-state index >= 15 is 0 Å². The van der Waals surface area contributed by atoms with Crippen molar-refractivity contribution in [2.75, 3.05) is 12.0 Å². The third-order valence-corrected chi connectivity index (χ3v) is 6.29. The smallest absolute Gasteiger partial charge is 0.305 e. The van der Waals surface area contributed by atoms with Gasteiger partial charge >= 0.3 is 5.97 Å². The summed E-state index contributed by atoms with van der Waals surface area (Å²) < 4.78 is 12.9. The number of amides is 2. The number of benzene rings is 3. The molecule has 0 aromatic heterocycles. The zero-order chi connectivity index (χ0) is 25.8. The third-order valence-electron chi connectivity index (χ3n) is 6.29. The fourth-order valence-corrected chi connectivity index (χ4v) is 4.47. The Morgan fingerprint density at radius 2 is 1.83 bits per heavy atom. The lowest BCUT2D eigenvalue weighted by atomic mass is 10.1. The van der Waals surface area contributed by atoms with Gasteiger partial charge in [0.2, 0.25) is 5.91 Å². The first-order valence-corrected chi connectivity index (χ1v) is 11.6. The molecule has 4 rings (SSSR count). The molecule has 0 aliphatic carbocycles. The molecule has 2 atom stereocenters. The summed E-state index contributed by atoms with van der Waals surface area (Å²) in [6.07, 6.45) is -0.501. The van der Waals surface area contributed by atoms with E-state index in [1.54, 1.807) is 13.0 Å². The highest BCUT2D eigenvalue weighted by molar-refractivity contribution is 6.03. The molecular formula is C27H26FN3O5. The van der Waals surface area contributed by atoms with Gasteiger partial charge in [-0.25, -0.2) is 4.39 Å². The first-order valence-electron chi connectivity index (χ1n) is 11.6. The molecule has 0 saturated carbocycles. The summed E-state index contributed by atoms with van der Waals surface area (Å²) >= 11 is 0. The molecule has 0 saturated heterocycles. The number of carbonyl (C=O) groups is 4. The normalized spacial score (nSPS) is 14.3. The van der Waals surface area contributed by atoms with Gasteiger partial charge in [-0.3, -0.25) is 19.2 Å². The first-order chi connectivity index (χ1) is 17.3. The number of nitrogens with one attached hydrogen (secondary N) is 2. The van der Waals surface area contributed by atoms with Crippen molar-refractivity contribution in [3.63, 3.8) is 0 Å². The second kappa shape index (κ2) is 10.6. The van der Waals surface area contributed by atoms with Gasteiger partial charge in [-0.1, -0.05) is 49.4 Å². The minimum atomic E-state index is -1.49. The average Bonchev–Trinajstić information content (AvgIpc) is 3.19. The maximum atomic E-state index is 13.3. The highest BCUT2D eigenvalue weighted by Gasteiger charge is 2.37. The second-order valence-electron chi connectivity index (χ2n) is 8.64. The Kier molecular flexibility index (Phi) is 7.28. The summed E-state index contributed by atoms with van der Waals surface area (Å²) in [4.78, 5) is 50.4. The summed E-state index contributed by atoms with van der Waals surface area (Å²) in [5, 5.41) is 16.8. The van der Waals surface area contributed by atoms with Crippen LogP contribution in [0.25, 0.3) is 10.8 Å². The third kappa shape index (κ3) is 5.05. The van der Waals surface area contributed by atoms with Gasteiger partial charge in [0.1, 0.15) is 18.8 Å². The van der Waals surface area contributed by atoms with Crippen molar-refractivity contribution in [1.29, 1.82) is 0 Å². The summed E-state index contributed by atoms with van der Waals surface area (Å²) in [6.45, 7) is 0.502. The molecule has 0 bridgehead atoms. The van der Waals surface area contributed by atoms with E-state index in [1.165, 1.54) is 4.90 Å². The predicted octanol–water partition coefficient (Wildman–Crippen LogP) is 3.82. The molecule has 186 valence electrons. The number of rotatable bonds is 10. The zero-order valence-electron chi connectivity index (χ0n) is 19.7. The van der Waals surface area contributed by atoms with Crippen molar-refractivity contribution in [3.8, 4) is 0 Å². The maximum absolute atomic E-state index is 13.3. The first kappa shape index (κ1) is 24.8. The van der Waals surface area contributed by atoms with E-state index < -0.39 is 42.8 Å². The van der Waals surface area contributed by atoms with E-state index in [4.69, 9.17) is 5.11 Å². The number of ketones is 1. The number of Topliss-reactive ketones (excluding diaryl/α,β-unsaturated/α-hetero) is 1. The molecule has 0 radical (unpaired) electrons. The number of carboxylic acids is 1. The molecule has 8 nitrogen and oxygen atoms in total. The van der Waals surface area contributed by atoms with Gasteiger partial charge in [0.15, 0.2) is 5.78 Å². The molecule has 2 amide bonds. The Hall–Kier alpha value is -4.27. The SMILES string of the molecule is CCC(C(=O)NC(CC(=O)O)C(=O)CF)N1Cc2ccc(Nc3cccc4ccccc34)cc2C1=O. The van der Waals surface area contributed by atoms with Gasteiger partial charge in [0.25, 0.3) is 5.91 Å². The number of carbonyl (C=O) groups excluding carboxylic acids is 3. The second-order valence-corrected chi connectivity index (χ2v) is 8.64. The number of aliphatic carboxylic acids is 1. The fraction of sp³-hybridized carbons (Fsp3) is 0.259. The number of halogens is 1. The molecule has 1 aliphatic heterocycles. The van der Waals surface area contributed by atoms with Crippen LogP contribution >= 0.6 is 0 Å². The van der Waals surface area contributed by atoms with Gasteiger partial charge < -0.3 is 20.6 Å². The van der Waals surface area contributed by atoms with Crippen LogP contribution in [0, 0.1) is 0 Å². The topological polar surface area (TPSA) is 116 Å². The van der Waals surface area contributed by atoms with Gasteiger partial charge in [0.05, 0.1) is 6.42 Å². The lowest BCUT2D eigenvalue weighted by Gasteiger charge is -2.27. The van der Waals surface area contributed by atoms with Gasteiger partial charge in [-0.2, -0.15) is 0 Å². The molecule has 3 aromatic carbocycles. The van der Waals surface area contributed by atoms with Crippen LogP contribution in [0.1, 0.15) is 35.7 Å². The molecule has 1 aliphatic rings. The average molecular weight is 492 g/mol. The van der Waals surface area contributed by atoms with Crippen molar-refractivity contribution in [1.82, 2.24) is 10.2 Å². The molecule has 1 heterocycles. The molecule has 36 heavy (non-hydrogen) atoms. The molecular weight excluding hydrogens is 465 g/mol. The summed E-state index contributed by atoms with van der Waals surface area (Å²) in [5.74, 6) is -3.41. The lowest BCUT2D eigenvalue weighted by Crippen LogP contribution is -2.52. The molecule has 0 spiro atoms. The van der Waals surface area contributed by atoms with Gasteiger partial charge in [0, 0.05) is 28.9 Å².